The van der Waals surface area contributed by atoms with E-state index in [0.717, 1.165) is 12.5 Å². The molecule has 1 unspecified atom stereocenters. The van der Waals surface area contributed by atoms with Gasteiger partial charge in [0.15, 0.2) is 11.6 Å². The van der Waals surface area contributed by atoms with Crippen molar-refractivity contribution in [2.45, 2.75) is 25.8 Å². The highest BCUT2D eigenvalue weighted by molar-refractivity contribution is 5.95. The van der Waals surface area contributed by atoms with Gasteiger partial charge < -0.3 is 14.2 Å². The first-order chi connectivity index (χ1) is 13.0. The number of hydrogen-bond acceptors (Lipinski definition) is 3. The molecule has 2 saturated heterocycles. The molecule has 27 heavy (non-hydrogen) atoms. The Kier molecular flexibility index (Phi) is 4.45. The van der Waals surface area contributed by atoms with Crippen LogP contribution < -0.4 is 0 Å². The van der Waals surface area contributed by atoms with Gasteiger partial charge in [-0.15, -0.1) is 0 Å². The number of carbonyl (C=O) groups is 2. The second kappa shape index (κ2) is 6.79. The maximum Gasteiger partial charge on any atom is 0.257 e. The number of furan rings is 1. The average Bonchev–Trinajstić information content (AvgIpc) is 3.33. The Morgan fingerprint density at radius 2 is 2.04 bits per heavy atom. The molecule has 0 radical (unpaired) electrons. The lowest BCUT2D eigenvalue weighted by Crippen LogP contribution is -2.50. The molecule has 5 nitrogen and oxygen atoms in total. The van der Waals surface area contributed by atoms with Crippen molar-refractivity contribution in [3.05, 3.63) is 59.6 Å². The number of rotatable bonds is 3. The van der Waals surface area contributed by atoms with Gasteiger partial charge in [-0.1, -0.05) is 12.1 Å². The second-order valence-electron chi connectivity index (χ2n) is 7.31. The molecule has 2 aromatic rings. The first-order valence-electron chi connectivity index (χ1n) is 9.04. The number of amides is 2. The molecule has 0 saturated carbocycles. The van der Waals surface area contributed by atoms with E-state index in [1.807, 2.05) is 0 Å². The Bertz CT molecular complexity index is 868. The van der Waals surface area contributed by atoms with Crippen molar-refractivity contribution >= 4 is 11.8 Å². The van der Waals surface area contributed by atoms with Crippen LogP contribution in [0.2, 0.25) is 0 Å². The van der Waals surface area contributed by atoms with E-state index in [9.17, 15) is 18.4 Å². The Hall–Kier alpha value is -2.70. The van der Waals surface area contributed by atoms with Gasteiger partial charge >= 0.3 is 0 Å². The summed E-state index contributed by atoms with van der Waals surface area (Å²) in [6.45, 7) is 1.39. The highest BCUT2D eigenvalue weighted by Gasteiger charge is 2.49. The predicted octanol–water partition coefficient (Wildman–Crippen LogP) is 3.21. The molecule has 2 aliphatic heterocycles. The fraction of sp³-hybridized carbons (Fsp3) is 0.400. The van der Waals surface area contributed by atoms with Crippen molar-refractivity contribution in [1.29, 1.82) is 0 Å². The second-order valence-corrected chi connectivity index (χ2v) is 7.31. The van der Waals surface area contributed by atoms with E-state index in [4.69, 9.17) is 4.42 Å². The van der Waals surface area contributed by atoms with Crippen LogP contribution in [0.3, 0.4) is 0 Å². The van der Waals surface area contributed by atoms with Gasteiger partial charge in [-0.25, -0.2) is 8.78 Å². The quantitative estimate of drug-likeness (QED) is 0.829. The van der Waals surface area contributed by atoms with Gasteiger partial charge in [0, 0.05) is 31.7 Å². The number of benzene rings is 1. The molecule has 3 heterocycles. The third-order valence-electron chi connectivity index (χ3n) is 5.63. The summed E-state index contributed by atoms with van der Waals surface area (Å²) >= 11 is 0. The molecule has 4 rings (SSSR count). The summed E-state index contributed by atoms with van der Waals surface area (Å²) in [5.74, 6) is -2.06. The first-order valence-corrected chi connectivity index (χ1v) is 9.04. The van der Waals surface area contributed by atoms with Crippen molar-refractivity contribution < 1.29 is 22.8 Å². The van der Waals surface area contributed by atoms with Crippen LogP contribution in [0.1, 0.15) is 35.2 Å². The van der Waals surface area contributed by atoms with Crippen molar-refractivity contribution in [3.63, 3.8) is 0 Å². The van der Waals surface area contributed by atoms with Crippen molar-refractivity contribution in [1.82, 2.24) is 9.80 Å². The Morgan fingerprint density at radius 3 is 2.81 bits per heavy atom. The zero-order valence-electron chi connectivity index (χ0n) is 14.8. The van der Waals surface area contributed by atoms with Crippen LogP contribution >= 0.6 is 0 Å². The molecule has 0 N–H and O–H groups in total. The predicted molar refractivity (Wildman–Crippen MR) is 92.7 cm³/mol. The molecule has 2 aliphatic rings. The summed E-state index contributed by atoms with van der Waals surface area (Å²) in [6.07, 6.45) is 4.90. The summed E-state index contributed by atoms with van der Waals surface area (Å²) in [7, 11) is 0. The number of hydrogen-bond donors (Lipinski definition) is 0. The normalized spacial score (nSPS) is 22.7. The molecule has 7 heteroatoms. The molecule has 0 aliphatic carbocycles. The van der Waals surface area contributed by atoms with Crippen LogP contribution in [-0.2, 0) is 11.3 Å². The lowest BCUT2D eigenvalue weighted by molar-refractivity contribution is -0.146. The van der Waals surface area contributed by atoms with Gasteiger partial charge in [0.2, 0.25) is 5.91 Å². The molecule has 2 amide bonds. The summed E-state index contributed by atoms with van der Waals surface area (Å²) < 4.78 is 32.4. The smallest absolute Gasteiger partial charge is 0.257 e. The van der Waals surface area contributed by atoms with Crippen LogP contribution in [0.25, 0.3) is 0 Å². The van der Waals surface area contributed by atoms with E-state index in [0.29, 0.717) is 38.0 Å². The third kappa shape index (κ3) is 3.11. The molecule has 1 spiro atoms. The highest BCUT2D eigenvalue weighted by Crippen LogP contribution is 2.41. The molecular formula is C20H20F2N2O3. The van der Waals surface area contributed by atoms with E-state index in [1.54, 1.807) is 15.9 Å². The Balaban J connectivity index is 1.50. The zero-order chi connectivity index (χ0) is 19.0. The van der Waals surface area contributed by atoms with Crippen LogP contribution in [0.4, 0.5) is 8.78 Å². The highest BCUT2D eigenvalue weighted by atomic mass is 19.2. The van der Waals surface area contributed by atoms with E-state index < -0.39 is 17.0 Å². The van der Waals surface area contributed by atoms with Gasteiger partial charge in [0.25, 0.3) is 5.91 Å². The molecule has 0 bridgehead atoms. The molecule has 1 aromatic carbocycles. The van der Waals surface area contributed by atoms with Gasteiger partial charge in [-0.2, -0.15) is 0 Å². The number of piperidine rings is 1. The molecule has 1 aromatic heterocycles. The van der Waals surface area contributed by atoms with Gasteiger partial charge in [-0.05, 0) is 31.4 Å². The van der Waals surface area contributed by atoms with Crippen molar-refractivity contribution in [3.8, 4) is 0 Å². The minimum Gasteiger partial charge on any atom is -0.472 e. The van der Waals surface area contributed by atoms with E-state index in [1.165, 1.54) is 24.7 Å². The van der Waals surface area contributed by atoms with Gasteiger partial charge in [-0.3, -0.25) is 9.59 Å². The Morgan fingerprint density at radius 1 is 1.19 bits per heavy atom. The van der Waals surface area contributed by atoms with E-state index in [-0.39, 0.29) is 23.9 Å². The lowest BCUT2D eigenvalue weighted by atomic mass is 9.78. The third-order valence-corrected chi connectivity index (χ3v) is 5.63. The van der Waals surface area contributed by atoms with Crippen LogP contribution in [0.5, 0.6) is 0 Å². The van der Waals surface area contributed by atoms with Crippen LogP contribution in [0, 0.1) is 17.0 Å². The average molecular weight is 374 g/mol. The summed E-state index contributed by atoms with van der Waals surface area (Å²) in [5.41, 5.74) is 0.000253. The number of halogens is 2. The van der Waals surface area contributed by atoms with E-state index >= 15 is 0 Å². The SMILES string of the molecule is O=C(c1ccoc1)N1CCC2(CCCN(Cc3cccc(F)c3F)C2=O)C1. The maximum atomic E-state index is 14.0. The van der Waals surface area contributed by atoms with Crippen LogP contribution in [0.15, 0.2) is 41.2 Å². The first kappa shape index (κ1) is 17.7. The monoisotopic (exact) mass is 374 g/mol. The molecule has 142 valence electrons. The lowest BCUT2D eigenvalue weighted by Gasteiger charge is -2.39. The van der Waals surface area contributed by atoms with Gasteiger partial charge in [0.05, 0.1) is 17.2 Å². The zero-order valence-corrected chi connectivity index (χ0v) is 14.8. The molecule has 2 fully saturated rings. The topological polar surface area (TPSA) is 53.8 Å². The van der Waals surface area contributed by atoms with Crippen molar-refractivity contribution in [2.24, 2.45) is 5.41 Å². The molecular weight excluding hydrogens is 354 g/mol. The maximum absolute atomic E-state index is 14.0. The fourth-order valence-electron chi connectivity index (χ4n) is 4.17. The van der Waals surface area contributed by atoms with Gasteiger partial charge in [0.1, 0.15) is 6.26 Å². The Labute approximate surface area is 155 Å². The minimum atomic E-state index is -0.913. The number of likely N-dealkylation sites (tertiary alicyclic amines) is 2. The minimum absolute atomic E-state index is 0.0415. The largest absolute Gasteiger partial charge is 0.472 e. The summed E-state index contributed by atoms with van der Waals surface area (Å²) in [5, 5.41) is 0. The standard InChI is InChI=1S/C20H20F2N2O3/c21-16-4-1-3-14(17(16)22)11-23-8-2-6-20(19(23)26)7-9-24(13-20)18(25)15-5-10-27-12-15/h1,3-5,10,12H,2,6-9,11,13H2. The number of carbonyl (C=O) groups excluding carboxylic acids is 2. The van der Waals surface area contributed by atoms with E-state index in [2.05, 4.69) is 0 Å². The fourth-order valence-corrected chi connectivity index (χ4v) is 4.17. The summed E-state index contributed by atoms with van der Waals surface area (Å²) in [6, 6.07) is 5.61. The van der Waals surface area contributed by atoms with Crippen molar-refractivity contribution in [2.75, 3.05) is 19.6 Å². The summed E-state index contributed by atoms with van der Waals surface area (Å²) in [4.78, 5) is 29.0. The number of nitrogens with zero attached hydrogens (tertiary/aromatic N) is 2. The van der Waals surface area contributed by atoms with Crippen LogP contribution in [-0.4, -0.2) is 41.2 Å². The molecule has 1 atom stereocenters.